The molecule has 1 aromatic heterocycles. The van der Waals surface area contributed by atoms with Crippen molar-refractivity contribution < 1.29 is 4.79 Å². The van der Waals surface area contributed by atoms with Crippen LogP contribution in [0.2, 0.25) is 0 Å². The monoisotopic (exact) mass is 359 g/mol. The van der Waals surface area contributed by atoms with Gasteiger partial charge < -0.3 is 5.32 Å². The van der Waals surface area contributed by atoms with Gasteiger partial charge >= 0.3 is 0 Å². The Morgan fingerprint density at radius 2 is 2.00 bits per heavy atom. The highest BCUT2D eigenvalue weighted by molar-refractivity contribution is 7.80. The van der Waals surface area contributed by atoms with Gasteiger partial charge in [-0.25, -0.2) is 0 Å². The maximum absolute atomic E-state index is 11.9. The molecular formula is C18H21N3OS2. The first-order valence-electron chi connectivity index (χ1n) is 7.69. The predicted octanol–water partition coefficient (Wildman–Crippen LogP) is 3.96. The summed E-state index contributed by atoms with van der Waals surface area (Å²) in [5, 5.41) is 5.50. The molecule has 2 aromatic rings. The molecule has 0 aliphatic rings. The smallest absolute Gasteiger partial charge is 0.262 e. The molecule has 0 saturated carbocycles. The van der Waals surface area contributed by atoms with Crippen LogP contribution in [0.3, 0.4) is 0 Å². The van der Waals surface area contributed by atoms with Gasteiger partial charge in [-0.1, -0.05) is 25.1 Å². The van der Waals surface area contributed by atoms with Crippen molar-refractivity contribution in [2.45, 2.75) is 27.2 Å². The van der Waals surface area contributed by atoms with Crippen molar-refractivity contribution in [1.82, 2.24) is 10.9 Å². The highest BCUT2D eigenvalue weighted by atomic mass is 32.1. The van der Waals surface area contributed by atoms with E-state index < -0.39 is 0 Å². The molecule has 1 amide bonds. The predicted molar refractivity (Wildman–Crippen MR) is 106 cm³/mol. The first kappa shape index (κ1) is 18.2. The molecule has 0 radical (unpaired) electrons. The molecule has 0 atom stereocenters. The second kappa shape index (κ2) is 8.61. The summed E-state index contributed by atoms with van der Waals surface area (Å²) in [6.07, 6.45) is 4.19. The van der Waals surface area contributed by atoms with Crippen molar-refractivity contribution in [3.8, 4) is 0 Å². The van der Waals surface area contributed by atoms with E-state index in [1.54, 1.807) is 17.4 Å². The highest BCUT2D eigenvalue weighted by Crippen LogP contribution is 2.20. The van der Waals surface area contributed by atoms with E-state index in [2.05, 4.69) is 29.2 Å². The number of thiophene rings is 1. The third-order valence-electron chi connectivity index (χ3n) is 3.57. The van der Waals surface area contributed by atoms with E-state index >= 15 is 0 Å². The molecule has 24 heavy (non-hydrogen) atoms. The minimum Gasteiger partial charge on any atom is -0.331 e. The third-order valence-corrected chi connectivity index (χ3v) is 4.75. The minimum absolute atomic E-state index is 0.257. The molecule has 0 aliphatic heterocycles. The van der Waals surface area contributed by atoms with Gasteiger partial charge in [-0.15, -0.1) is 11.3 Å². The van der Waals surface area contributed by atoms with Gasteiger partial charge in [0, 0.05) is 16.6 Å². The zero-order valence-electron chi connectivity index (χ0n) is 14.0. The number of hydrogen-bond donors (Lipinski definition) is 3. The number of thiocarbonyl (C=S) groups is 1. The van der Waals surface area contributed by atoms with E-state index in [0.717, 1.165) is 28.1 Å². The summed E-state index contributed by atoms with van der Waals surface area (Å²) in [5.74, 6) is -0.257. The van der Waals surface area contributed by atoms with Gasteiger partial charge in [-0.3, -0.25) is 15.6 Å². The standard InChI is InChI=1S/C18H21N3OS2/c1-4-14-7-5-6-13(3)17(14)19-18(23)21-20-16(22)9-8-15-12(2)10-11-24-15/h5-11H,4H2,1-3H3,(H,20,22)(H2,19,21,23)/b9-8+. The van der Waals surface area contributed by atoms with E-state index in [4.69, 9.17) is 12.2 Å². The van der Waals surface area contributed by atoms with Crippen LogP contribution >= 0.6 is 23.6 Å². The van der Waals surface area contributed by atoms with Crippen molar-refractivity contribution in [3.63, 3.8) is 0 Å². The zero-order chi connectivity index (χ0) is 17.5. The number of carbonyl (C=O) groups is 1. The van der Waals surface area contributed by atoms with Gasteiger partial charge in [0.2, 0.25) is 0 Å². The molecule has 126 valence electrons. The molecule has 0 bridgehead atoms. The van der Waals surface area contributed by atoms with Crippen LogP contribution in [0.15, 0.2) is 35.7 Å². The molecule has 6 heteroatoms. The van der Waals surface area contributed by atoms with E-state index in [0.29, 0.717) is 5.11 Å². The summed E-state index contributed by atoms with van der Waals surface area (Å²) in [7, 11) is 0. The maximum atomic E-state index is 11.9. The zero-order valence-corrected chi connectivity index (χ0v) is 15.6. The van der Waals surface area contributed by atoms with Gasteiger partial charge in [-0.05, 0) is 66.7 Å². The number of benzene rings is 1. The Hall–Kier alpha value is -2.18. The Bertz CT molecular complexity index is 765. The van der Waals surface area contributed by atoms with E-state index in [-0.39, 0.29) is 5.91 Å². The van der Waals surface area contributed by atoms with Gasteiger partial charge in [0.05, 0.1) is 0 Å². The lowest BCUT2D eigenvalue weighted by Gasteiger charge is -2.15. The van der Waals surface area contributed by atoms with Crippen LogP contribution in [-0.2, 0) is 11.2 Å². The number of hydrogen-bond acceptors (Lipinski definition) is 3. The molecule has 0 fully saturated rings. The molecular weight excluding hydrogens is 338 g/mol. The molecule has 0 saturated heterocycles. The highest BCUT2D eigenvalue weighted by Gasteiger charge is 2.06. The largest absolute Gasteiger partial charge is 0.331 e. The van der Waals surface area contributed by atoms with Crippen LogP contribution < -0.4 is 16.2 Å². The Labute approximate surface area is 151 Å². The fourth-order valence-corrected chi connectivity index (χ4v) is 3.19. The summed E-state index contributed by atoms with van der Waals surface area (Å²) >= 11 is 6.85. The summed E-state index contributed by atoms with van der Waals surface area (Å²) in [6, 6.07) is 8.12. The van der Waals surface area contributed by atoms with Crippen LogP contribution in [0.25, 0.3) is 6.08 Å². The van der Waals surface area contributed by atoms with Crippen LogP contribution in [0.4, 0.5) is 5.69 Å². The molecule has 1 aromatic carbocycles. The molecule has 3 N–H and O–H groups in total. The average Bonchev–Trinajstić information content (AvgIpc) is 2.98. The van der Waals surface area contributed by atoms with Crippen molar-refractivity contribution in [2.24, 2.45) is 0 Å². The van der Waals surface area contributed by atoms with E-state index in [1.165, 1.54) is 11.6 Å². The van der Waals surface area contributed by atoms with Crippen LogP contribution in [0, 0.1) is 13.8 Å². The quantitative estimate of drug-likeness (QED) is 0.439. The Balaban J connectivity index is 1.88. The molecule has 0 unspecified atom stereocenters. The first-order valence-corrected chi connectivity index (χ1v) is 8.97. The lowest BCUT2D eigenvalue weighted by Crippen LogP contribution is -2.43. The second-order valence-electron chi connectivity index (χ2n) is 5.33. The topological polar surface area (TPSA) is 53.2 Å². The normalized spacial score (nSPS) is 10.6. The fraction of sp³-hybridized carbons (Fsp3) is 0.222. The summed E-state index contributed by atoms with van der Waals surface area (Å²) in [5.41, 5.74) is 9.72. The lowest BCUT2D eigenvalue weighted by atomic mass is 10.1. The lowest BCUT2D eigenvalue weighted by molar-refractivity contribution is -0.116. The Morgan fingerprint density at radius 3 is 2.67 bits per heavy atom. The molecule has 4 nitrogen and oxygen atoms in total. The molecule has 0 aliphatic carbocycles. The SMILES string of the molecule is CCc1cccc(C)c1NC(=S)NNC(=O)/C=C/c1sccc1C. The third kappa shape index (κ3) is 4.91. The van der Waals surface area contributed by atoms with Crippen LogP contribution in [-0.4, -0.2) is 11.0 Å². The number of rotatable bonds is 4. The number of nitrogens with one attached hydrogen (secondary N) is 3. The fourth-order valence-electron chi connectivity index (χ4n) is 2.21. The van der Waals surface area contributed by atoms with Gasteiger partial charge in [-0.2, -0.15) is 0 Å². The number of carbonyl (C=O) groups excluding carboxylic acids is 1. The van der Waals surface area contributed by atoms with E-state index in [9.17, 15) is 4.79 Å². The number of aryl methyl sites for hydroxylation is 3. The summed E-state index contributed by atoms with van der Waals surface area (Å²) in [4.78, 5) is 12.9. The average molecular weight is 360 g/mol. The van der Waals surface area contributed by atoms with Crippen molar-refractivity contribution in [2.75, 3.05) is 5.32 Å². The van der Waals surface area contributed by atoms with Gasteiger partial charge in [0.1, 0.15) is 0 Å². The van der Waals surface area contributed by atoms with Crippen molar-refractivity contribution in [1.29, 1.82) is 0 Å². The van der Waals surface area contributed by atoms with Crippen molar-refractivity contribution >= 4 is 46.3 Å². The van der Waals surface area contributed by atoms with E-state index in [1.807, 2.05) is 37.4 Å². The first-order chi connectivity index (χ1) is 11.5. The molecule has 0 spiro atoms. The Morgan fingerprint density at radius 1 is 1.21 bits per heavy atom. The minimum atomic E-state index is -0.257. The second-order valence-corrected chi connectivity index (χ2v) is 6.69. The van der Waals surface area contributed by atoms with Gasteiger partial charge in [0.25, 0.3) is 5.91 Å². The molecule has 1 heterocycles. The summed E-state index contributed by atoms with van der Waals surface area (Å²) in [6.45, 7) is 6.13. The van der Waals surface area contributed by atoms with Gasteiger partial charge in [0.15, 0.2) is 5.11 Å². The van der Waals surface area contributed by atoms with Crippen LogP contribution in [0.5, 0.6) is 0 Å². The van der Waals surface area contributed by atoms with Crippen molar-refractivity contribution in [3.05, 3.63) is 57.3 Å². The molecule has 2 rings (SSSR count). The summed E-state index contributed by atoms with van der Waals surface area (Å²) < 4.78 is 0. The Kier molecular flexibility index (Phi) is 6.52. The van der Waals surface area contributed by atoms with Crippen LogP contribution in [0.1, 0.15) is 28.5 Å². The number of anilines is 1. The number of amides is 1. The maximum Gasteiger partial charge on any atom is 0.262 e. The number of hydrazine groups is 1. The number of para-hydroxylation sites is 1.